The molecule has 0 spiro atoms. The summed E-state index contributed by atoms with van der Waals surface area (Å²) in [5.74, 6) is 0.722. The van der Waals surface area contributed by atoms with Crippen molar-refractivity contribution in [1.82, 2.24) is 14.3 Å². The molecule has 1 aromatic carbocycles. The number of nitrogens with one attached hydrogen (secondary N) is 1. The van der Waals surface area contributed by atoms with Crippen LogP contribution in [0.2, 0.25) is 5.02 Å². The molecular weight excluding hydrogens is 456 g/mol. The minimum Gasteiger partial charge on any atom is -0.314 e. The van der Waals surface area contributed by atoms with Gasteiger partial charge in [-0.2, -0.15) is 5.26 Å². The highest BCUT2D eigenvalue weighted by atomic mass is 35.5. The van der Waals surface area contributed by atoms with Gasteiger partial charge in [-0.3, -0.25) is 0 Å². The molecule has 0 radical (unpaired) electrons. The van der Waals surface area contributed by atoms with Gasteiger partial charge in [0.15, 0.2) is 5.65 Å². The lowest BCUT2D eigenvalue weighted by Gasteiger charge is -2.19. The number of benzene rings is 1. The van der Waals surface area contributed by atoms with Crippen molar-refractivity contribution in [3.05, 3.63) is 58.9 Å². The van der Waals surface area contributed by atoms with E-state index in [2.05, 4.69) is 23.3 Å². The quantitative estimate of drug-likeness (QED) is 0.450. The number of rotatable bonds is 8. The van der Waals surface area contributed by atoms with Crippen LogP contribution < -0.4 is 5.32 Å². The van der Waals surface area contributed by atoms with E-state index in [9.17, 15) is 13.7 Å². The van der Waals surface area contributed by atoms with Crippen LogP contribution >= 0.6 is 11.6 Å². The van der Waals surface area contributed by atoms with Crippen molar-refractivity contribution in [2.75, 3.05) is 6.54 Å². The Hall–Kier alpha value is -2.40. The number of nitriles is 1. The second kappa shape index (κ2) is 9.84. The molecule has 3 atom stereocenters. The molecule has 2 aromatic heterocycles. The van der Waals surface area contributed by atoms with Gasteiger partial charge in [0.1, 0.15) is 0 Å². The number of aromatic nitrogens is 2. The van der Waals surface area contributed by atoms with Gasteiger partial charge in [0.25, 0.3) is 10.0 Å². The summed E-state index contributed by atoms with van der Waals surface area (Å²) in [6.07, 6.45) is 7.83. The van der Waals surface area contributed by atoms with Crippen molar-refractivity contribution >= 4 is 32.7 Å². The van der Waals surface area contributed by atoms with Crippen molar-refractivity contribution in [3.63, 3.8) is 0 Å². The minimum atomic E-state index is -3.75. The SMILES string of the molecule is CC[C@@H]1C[C@H](C#N)CC1NCCCc1cnc2c(ccn2S(=O)(=O)c2ccc(C)cc2)c1Cl. The van der Waals surface area contributed by atoms with Gasteiger partial charge in [-0.15, -0.1) is 0 Å². The molecule has 0 saturated heterocycles. The number of pyridine rings is 1. The predicted molar refractivity (Wildman–Crippen MR) is 131 cm³/mol. The van der Waals surface area contributed by atoms with Crippen molar-refractivity contribution in [1.29, 1.82) is 5.26 Å². The maximum atomic E-state index is 13.1. The van der Waals surface area contributed by atoms with Crippen LogP contribution in [0.15, 0.2) is 47.6 Å². The minimum absolute atomic E-state index is 0.161. The van der Waals surface area contributed by atoms with Gasteiger partial charge < -0.3 is 5.32 Å². The molecular formula is C25H29ClN4O2S. The Morgan fingerprint density at radius 1 is 1.24 bits per heavy atom. The first kappa shape index (κ1) is 23.7. The predicted octanol–water partition coefficient (Wildman–Crippen LogP) is 5.09. The summed E-state index contributed by atoms with van der Waals surface area (Å²) in [7, 11) is -3.75. The van der Waals surface area contributed by atoms with E-state index in [1.807, 2.05) is 6.92 Å². The van der Waals surface area contributed by atoms with Crippen LogP contribution in [0.4, 0.5) is 0 Å². The molecule has 0 aliphatic heterocycles. The molecule has 2 heterocycles. The molecule has 33 heavy (non-hydrogen) atoms. The molecule has 1 saturated carbocycles. The molecule has 8 heteroatoms. The van der Waals surface area contributed by atoms with Crippen molar-refractivity contribution < 1.29 is 8.42 Å². The third-order valence-electron chi connectivity index (χ3n) is 6.70. The summed E-state index contributed by atoms with van der Waals surface area (Å²) >= 11 is 6.66. The van der Waals surface area contributed by atoms with Gasteiger partial charge >= 0.3 is 0 Å². The first-order valence-electron chi connectivity index (χ1n) is 11.4. The van der Waals surface area contributed by atoms with E-state index in [0.717, 1.165) is 49.8 Å². The molecule has 3 aromatic rings. The Balaban J connectivity index is 1.45. The van der Waals surface area contributed by atoms with Crippen molar-refractivity contribution in [3.8, 4) is 6.07 Å². The highest BCUT2D eigenvalue weighted by Crippen LogP contribution is 2.33. The zero-order chi connectivity index (χ0) is 23.6. The van der Waals surface area contributed by atoms with E-state index in [-0.39, 0.29) is 10.8 Å². The number of fused-ring (bicyclic) bond motifs is 1. The molecule has 1 N–H and O–H groups in total. The molecule has 6 nitrogen and oxygen atoms in total. The third kappa shape index (κ3) is 4.79. The monoisotopic (exact) mass is 484 g/mol. The Morgan fingerprint density at radius 2 is 2.00 bits per heavy atom. The highest BCUT2D eigenvalue weighted by molar-refractivity contribution is 7.90. The molecule has 4 rings (SSSR count). The molecule has 1 fully saturated rings. The molecule has 1 aliphatic carbocycles. The van der Waals surface area contributed by atoms with E-state index in [4.69, 9.17) is 11.6 Å². The maximum Gasteiger partial charge on any atom is 0.269 e. The molecule has 1 unspecified atom stereocenters. The van der Waals surface area contributed by atoms with Crippen LogP contribution in [-0.4, -0.2) is 30.0 Å². The van der Waals surface area contributed by atoms with Crippen LogP contribution in [0, 0.1) is 30.1 Å². The second-order valence-corrected chi connectivity index (χ2v) is 11.1. The maximum absolute atomic E-state index is 13.1. The van der Waals surface area contributed by atoms with Crippen LogP contribution in [0.1, 0.15) is 43.7 Å². The van der Waals surface area contributed by atoms with E-state index in [0.29, 0.717) is 28.0 Å². The van der Waals surface area contributed by atoms with Gasteiger partial charge in [-0.25, -0.2) is 17.4 Å². The first-order chi connectivity index (χ1) is 15.8. The van der Waals surface area contributed by atoms with Gasteiger partial charge in [-0.05, 0) is 68.8 Å². The number of hydrogen-bond acceptors (Lipinski definition) is 5. The Labute approximate surface area is 200 Å². The van der Waals surface area contributed by atoms with Gasteiger partial charge in [-0.1, -0.05) is 42.6 Å². The zero-order valence-electron chi connectivity index (χ0n) is 19.0. The first-order valence-corrected chi connectivity index (χ1v) is 13.3. The largest absolute Gasteiger partial charge is 0.314 e. The average molecular weight is 485 g/mol. The summed E-state index contributed by atoms with van der Waals surface area (Å²) < 4.78 is 27.4. The van der Waals surface area contributed by atoms with Crippen LogP contribution in [0.5, 0.6) is 0 Å². The second-order valence-electron chi connectivity index (χ2n) is 8.89. The molecule has 1 aliphatic rings. The molecule has 174 valence electrons. The topological polar surface area (TPSA) is 87.8 Å². The van der Waals surface area contributed by atoms with E-state index in [1.54, 1.807) is 36.5 Å². The summed E-state index contributed by atoms with van der Waals surface area (Å²) in [5, 5.41) is 14.0. The lowest BCUT2D eigenvalue weighted by molar-refractivity contribution is 0.389. The average Bonchev–Trinajstić information content (AvgIpc) is 3.43. The standard InChI is InChI=1S/C25H29ClN4O2S/c1-3-19-13-18(15-27)14-23(19)28-11-4-5-20-16-29-25-22(24(20)26)10-12-30(25)33(31,32)21-8-6-17(2)7-9-21/h6-10,12,16,18-19,23,28H,3-5,11,13-14H2,1-2H3/t18-,19+,23?/m0/s1. The van der Waals surface area contributed by atoms with Gasteiger partial charge in [0, 0.05) is 29.7 Å². The summed E-state index contributed by atoms with van der Waals surface area (Å²) in [6.45, 7) is 4.94. The smallest absolute Gasteiger partial charge is 0.269 e. The summed E-state index contributed by atoms with van der Waals surface area (Å²) in [4.78, 5) is 4.67. The van der Waals surface area contributed by atoms with Crippen molar-refractivity contribution in [2.45, 2.75) is 56.9 Å². The van der Waals surface area contributed by atoms with Crippen LogP contribution in [0.3, 0.4) is 0 Å². The van der Waals surface area contributed by atoms with E-state index >= 15 is 0 Å². The summed E-state index contributed by atoms with van der Waals surface area (Å²) in [5.41, 5.74) is 2.24. The molecule has 0 amide bonds. The fourth-order valence-corrected chi connectivity index (χ4v) is 6.35. The fraction of sp³-hybridized carbons (Fsp3) is 0.440. The normalized spacial score (nSPS) is 20.8. The summed E-state index contributed by atoms with van der Waals surface area (Å²) in [6, 6.07) is 11.3. The number of hydrogen-bond donors (Lipinski definition) is 1. The van der Waals surface area contributed by atoms with Gasteiger partial charge in [0.2, 0.25) is 0 Å². The lowest BCUT2D eigenvalue weighted by atomic mass is 10.00. The fourth-order valence-electron chi connectivity index (χ4n) is 4.76. The van der Waals surface area contributed by atoms with Crippen LogP contribution in [0.25, 0.3) is 11.0 Å². The van der Waals surface area contributed by atoms with Crippen LogP contribution in [-0.2, 0) is 16.4 Å². The Morgan fingerprint density at radius 3 is 2.70 bits per heavy atom. The van der Waals surface area contributed by atoms with Crippen molar-refractivity contribution in [2.24, 2.45) is 11.8 Å². The number of halogens is 1. The Bertz CT molecular complexity index is 1280. The van der Waals surface area contributed by atoms with E-state index in [1.165, 1.54) is 10.2 Å². The number of nitrogens with zero attached hydrogens (tertiary/aromatic N) is 3. The van der Waals surface area contributed by atoms with Gasteiger partial charge in [0.05, 0.1) is 16.0 Å². The lowest BCUT2D eigenvalue weighted by Crippen LogP contribution is -2.33. The third-order valence-corrected chi connectivity index (χ3v) is 8.82. The highest BCUT2D eigenvalue weighted by Gasteiger charge is 2.32. The van der Waals surface area contributed by atoms with E-state index < -0.39 is 10.0 Å². The molecule has 0 bridgehead atoms. The Kier molecular flexibility index (Phi) is 7.08. The zero-order valence-corrected chi connectivity index (χ0v) is 20.5. The number of aryl methyl sites for hydroxylation is 2.